The number of anilines is 1. The molecule has 0 spiro atoms. The second-order valence-electron chi connectivity index (χ2n) is 4.08. The molecule has 0 aliphatic rings. The third-order valence-electron chi connectivity index (χ3n) is 2.59. The fourth-order valence-corrected chi connectivity index (χ4v) is 2.24. The Morgan fingerprint density at radius 3 is 2.37 bits per heavy atom. The normalized spacial score (nSPS) is 13.3. The summed E-state index contributed by atoms with van der Waals surface area (Å²) < 4.78 is 36.6. The molecule has 102 valence electrons. The molecular weight excluding hydrogens is 273 g/mol. The Labute approximate surface area is 113 Å². The Bertz CT molecular complexity index is 506. The van der Waals surface area contributed by atoms with Gasteiger partial charge in [-0.05, 0) is 42.4 Å². The molecule has 2 N–H and O–H groups in total. The summed E-state index contributed by atoms with van der Waals surface area (Å²) in [7, 11) is 0. The van der Waals surface area contributed by atoms with Gasteiger partial charge in [0.05, 0.1) is 5.69 Å². The number of hydrogen-bond acceptors (Lipinski definition) is 2. The first kappa shape index (κ1) is 13.9. The number of rotatable bonds is 4. The Morgan fingerprint density at radius 2 is 1.84 bits per heavy atom. The van der Waals surface area contributed by atoms with Crippen LogP contribution in [0.25, 0.3) is 0 Å². The van der Waals surface area contributed by atoms with E-state index in [1.807, 2.05) is 19.2 Å². The summed E-state index contributed by atoms with van der Waals surface area (Å²) in [5.41, 5.74) is -2.36. The van der Waals surface area contributed by atoms with E-state index in [1.54, 1.807) is 18.3 Å². The van der Waals surface area contributed by atoms with Crippen LogP contribution in [0.15, 0.2) is 47.6 Å². The van der Waals surface area contributed by atoms with Gasteiger partial charge in [0.15, 0.2) is 0 Å². The highest BCUT2D eigenvalue weighted by Gasteiger charge is 2.29. The number of aromatic nitrogens is 1. The standard InChI is InChI=1S/C13H13F3N2S/c1-9(18-11-6-7-17-8-11)10-2-4-12(5-3-10)19-13(14,15)16/h2-9,17-18H,1H3. The van der Waals surface area contributed by atoms with Gasteiger partial charge in [-0.2, -0.15) is 13.2 Å². The molecule has 0 radical (unpaired) electrons. The molecule has 0 aliphatic heterocycles. The van der Waals surface area contributed by atoms with Crippen LogP contribution in [0.1, 0.15) is 18.5 Å². The molecule has 2 aromatic rings. The molecule has 1 aromatic carbocycles. The first-order chi connectivity index (χ1) is 8.94. The zero-order valence-corrected chi connectivity index (χ0v) is 11.0. The third-order valence-corrected chi connectivity index (χ3v) is 3.33. The highest BCUT2D eigenvalue weighted by atomic mass is 32.2. The Kier molecular flexibility index (Phi) is 4.09. The summed E-state index contributed by atoms with van der Waals surface area (Å²) in [5, 5.41) is 3.25. The molecule has 1 aromatic heterocycles. The van der Waals surface area contributed by atoms with Crippen molar-refractivity contribution in [2.45, 2.75) is 23.4 Å². The Balaban J connectivity index is 2.01. The topological polar surface area (TPSA) is 27.8 Å². The first-order valence-electron chi connectivity index (χ1n) is 5.69. The minimum atomic E-state index is -4.24. The van der Waals surface area contributed by atoms with E-state index in [0.29, 0.717) is 0 Å². The second-order valence-corrected chi connectivity index (χ2v) is 5.22. The second kappa shape index (κ2) is 5.61. The smallest absolute Gasteiger partial charge is 0.377 e. The fourth-order valence-electron chi connectivity index (χ4n) is 1.71. The van der Waals surface area contributed by atoms with Crippen LogP contribution < -0.4 is 5.32 Å². The monoisotopic (exact) mass is 286 g/mol. The van der Waals surface area contributed by atoms with E-state index < -0.39 is 5.51 Å². The van der Waals surface area contributed by atoms with Gasteiger partial charge in [-0.3, -0.25) is 0 Å². The number of nitrogens with one attached hydrogen (secondary N) is 2. The van der Waals surface area contributed by atoms with Crippen LogP contribution in [0.4, 0.5) is 18.9 Å². The summed E-state index contributed by atoms with van der Waals surface area (Å²) in [5.74, 6) is 0. The van der Waals surface area contributed by atoms with Crippen LogP contribution in [0, 0.1) is 0 Å². The largest absolute Gasteiger partial charge is 0.446 e. The van der Waals surface area contributed by atoms with Crippen molar-refractivity contribution in [2.75, 3.05) is 5.32 Å². The molecule has 0 bridgehead atoms. The van der Waals surface area contributed by atoms with Gasteiger partial charge in [0, 0.05) is 23.3 Å². The van der Waals surface area contributed by atoms with Crippen molar-refractivity contribution in [3.63, 3.8) is 0 Å². The Morgan fingerprint density at radius 1 is 1.16 bits per heavy atom. The molecule has 2 rings (SSSR count). The summed E-state index contributed by atoms with van der Waals surface area (Å²) in [6.45, 7) is 1.96. The molecule has 19 heavy (non-hydrogen) atoms. The zero-order valence-electron chi connectivity index (χ0n) is 10.2. The van der Waals surface area contributed by atoms with E-state index in [4.69, 9.17) is 0 Å². The van der Waals surface area contributed by atoms with Gasteiger partial charge in [-0.25, -0.2) is 0 Å². The predicted octanol–water partition coefficient (Wildman–Crippen LogP) is 4.80. The van der Waals surface area contributed by atoms with E-state index in [0.717, 1.165) is 11.3 Å². The maximum absolute atomic E-state index is 12.2. The van der Waals surface area contributed by atoms with E-state index in [-0.39, 0.29) is 22.7 Å². The summed E-state index contributed by atoms with van der Waals surface area (Å²) >= 11 is -0.0989. The lowest BCUT2D eigenvalue weighted by atomic mass is 10.1. The number of thioether (sulfide) groups is 1. The van der Waals surface area contributed by atoms with Crippen LogP contribution in [0.5, 0.6) is 0 Å². The maximum Gasteiger partial charge on any atom is 0.446 e. The van der Waals surface area contributed by atoms with Crippen molar-refractivity contribution in [1.29, 1.82) is 0 Å². The molecule has 1 unspecified atom stereocenters. The minimum Gasteiger partial charge on any atom is -0.377 e. The molecule has 0 amide bonds. The number of halogens is 3. The molecule has 1 atom stereocenters. The maximum atomic E-state index is 12.2. The lowest BCUT2D eigenvalue weighted by Crippen LogP contribution is -2.06. The molecule has 0 saturated heterocycles. The SMILES string of the molecule is CC(Nc1cc[nH]c1)c1ccc(SC(F)(F)F)cc1. The van der Waals surface area contributed by atoms with Crippen molar-refractivity contribution in [3.8, 4) is 0 Å². The van der Waals surface area contributed by atoms with Crippen molar-refractivity contribution in [3.05, 3.63) is 48.3 Å². The van der Waals surface area contributed by atoms with Gasteiger partial charge in [0.25, 0.3) is 0 Å². The number of aromatic amines is 1. The fraction of sp³-hybridized carbons (Fsp3) is 0.231. The van der Waals surface area contributed by atoms with Gasteiger partial charge in [0.2, 0.25) is 0 Å². The highest BCUT2D eigenvalue weighted by Crippen LogP contribution is 2.37. The van der Waals surface area contributed by atoms with E-state index in [9.17, 15) is 13.2 Å². The van der Waals surface area contributed by atoms with Gasteiger partial charge in [0.1, 0.15) is 0 Å². The Hall–Kier alpha value is -1.56. The lowest BCUT2D eigenvalue weighted by molar-refractivity contribution is -0.0328. The van der Waals surface area contributed by atoms with E-state index in [1.165, 1.54) is 12.1 Å². The van der Waals surface area contributed by atoms with Crippen LogP contribution in [0.3, 0.4) is 0 Å². The molecular formula is C13H13F3N2S. The van der Waals surface area contributed by atoms with Crippen LogP contribution in [-0.2, 0) is 0 Å². The number of alkyl halides is 3. The van der Waals surface area contributed by atoms with Crippen molar-refractivity contribution >= 4 is 17.4 Å². The average Bonchev–Trinajstić information content (AvgIpc) is 2.80. The quantitative estimate of drug-likeness (QED) is 0.790. The van der Waals surface area contributed by atoms with Crippen molar-refractivity contribution < 1.29 is 13.2 Å². The summed E-state index contributed by atoms with van der Waals surface area (Å²) in [4.78, 5) is 3.13. The molecule has 0 saturated carbocycles. The van der Waals surface area contributed by atoms with Crippen molar-refractivity contribution in [2.24, 2.45) is 0 Å². The van der Waals surface area contributed by atoms with E-state index in [2.05, 4.69) is 10.3 Å². The summed E-state index contributed by atoms with van der Waals surface area (Å²) in [6, 6.07) is 8.31. The first-order valence-corrected chi connectivity index (χ1v) is 6.51. The van der Waals surface area contributed by atoms with Gasteiger partial charge < -0.3 is 10.3 Å². The van der Waals surface area contributed by atoms with Gasteiger partial charge in [-0.1, -0.05) is 12.1 Å². The predicted molar refractivity (Wildman–Crippen MR) is 71.2 cm³/mol. The highest BCUT2D eigenvalue weighted by molar-refractivity contribution is 8.00. The van der Waals surface area contributed by atoms with Crippen LogP contribution in [-0.4, -0.2) is 10.5 Å². The number of H-pyrrole nitrogens is 1. The molecule has 2 nitrogen and oxygen atoms in total. The summed E-state index contributed by atoms with van der Waals surface area (Å²) in [6.07, 6.45) is 3.63. The third kappa shape index (κ3) is 4.24. The van der Waals surface area contributed by atoms with Gasteiger partial charge in [-0.15, -0.1) is 0 Å². The molecule has 0 fully saturated rings. The number of benzene rings is 1. The van der Waals surface area contributed by atoms with E-state index >= 15 is 0 Å². The molecule has 0 aliphatic carbocycles. The number of hydrogen-bond donors (Lipinski definition) is 2. The van der Waals surface area contributed by atoms with Crippen LogP contribution >= 0.6 is 11.8 Å². The van der Waals surface area contributed by atoms with Gasteiger partial charge >= 0.3 is 5.51 Å². The average molecular weight is 286 g/mol. The molecule has 6 heteroatoms. The van der Waals surface area contributed by atoms with Crippen molar-refractivity contribution in [1.82, 2.24) is 4.98 Å². The molecule has 1 heterocycles. The lowest BCUT2D eigenvalue weighted by Gasteiger charge is -2.15. The van der Waals surface area contributed by atoms with Crippen LogP contribution in [0.2, 0.25) is 0 Å². The zero-order chi connectivity index (χ0) is 13.9. The minimum absolute atomic E-state index is 0.0285.